The summed E-state index contributed by atoms with van der Waals surface area (Å²) < 4.78 is 11.5. The lowest BCUT2D eigenvalue weighted by Gasteiger charge is -2.49. The van der Waals surface area contributed by atoms with Crippen LogP contribution in [-0.4, -0.2) is 30.2 Å². The molecular formula is C34H39NO4. The molecule has 2 aliphatic carbocycles. The minimum absolute atomic E-state index is 0.124. The molecule has 0 fully saturated rings. The molecule has 0 bridgehead atoms. The van der Waals surface area contributed by atoms with Gasteiger partial charge in [-0.05, 0) is 46.9 Å². The van der Waals surface area contributed by atoms with Crippen molar-refractivity contribution in [1.29, 1.82) is 0 Å². The third-order valence-electron chi connectivity index (χ3n) is 8.08. The highest BCUT2D eigenvalue weighted by Crippen LogP contribution is 2.55. The summed E-state index contributed by atoms with van der Waals surface area (Å²) >= 11 is 0. The Labute approximate surface area is 232 Å². The fourth-order valence-electron chi connectivity index (χ4n) is 6.47. The van der Waals surface area contributed by atoms with Crippen LogP contribution >= 0.6 is 0 Å². The first-order valence-corrected chi connectivity index (χ1v) is 13.8. The van der Waals surface area contributed by atoms with Gasteiger partial charge < -0.3 is 14.4 Å². The maximum absolute atomic E-state index is 14.0. The normalized spacial score (nSPS) is 20.5. The van der Waals surface area contributed by atoms with E-state index in [0.717, 1.165) is 46.5 Å². The molecule has 5 rings (SSSR count). The molecule has 0 unspecified atom stereocenters. The van der Waals surface area contributed by atoms with E-state index < -0.39 is 5.92 Å². The number of carbonyl (C=O) groups excluding carboxylic acids is 2. The summed E-state index contributed by atoms with van der Waals surface area (Å²) in [4.78, 5) is 30.3. The van der Waals surface area contributed by atoms with Gasteiger partial charge in [-0.3, -0.25) is 9.59 Å². The highest BCUT2D eigenvalue weighted by molar-refractivity contribution is 6.06. The first kappa shape index (κ1) is 27.0. The van der Waals surface area contributed by atoms with Crippen molar-refractivity contribution in [1.82, 2.24) is 4.90 Å². The van der Waals surface area contributed by atoms with Crippen LogP contribution in [0, 0.1) is 10.8 Å². The first-order valence-electron chi connectivity index (χ1n) is 13.8. The van der Waals surface area contributed by atoms with Crippen LogP contribution < -0.4 is 9.47 Å². The minimum atomic E-state index is -0.420. The summed E-state index contributed by atoms with van der Waals surface area (Å²) in [5.74, 6) is 1.02. The molecule has 204 valence electrons. The fraction of sp³-hybridized carbons (Fsp3) is 0.412. The zero-order valence-electron chi connectivity index (χ0n) is 23.8. The van der Waals surface area contributed by atoms with E-state index in [1.54, 1.807) is 13.2 Å². The van der Waals surface area contributed by atoms with Crippen molar-refractivity contribution in [3.8, 4) is 11.5 Å². The number of rotatable bonds is 7. The second kappa shape index (κ2) is 10.2. The largest absolute Gasteiger partial charge is 0.493 e. The monoisotopic (exact) mass is 525 g/mol. The number of carbonyl (C=O) groups is 2. The molecule has 0 saturated carbocycles. The molecule has 5 nitrogen and oxygen atoms in total. The predicted octanol–water partition coefficient (Wildman–Crippen LogP) is 7.15. The van der Waals surface area contributed by atoms with Gasteiger partial charge in [-0.25, -0.2) is 0 Å². The van der Waals surface area contributed by atoms with Crippen LogP contribution in [0.3, 0.4) is 0 Å². The summed E-state index contributed by atoms with van der Waals surface area (Å²) in [5.41, 5.74) is 5.35. The van der Waals surface area contributed by atoms with Crippen molar-refractivity contribution < 1.29 is 19.1 Å². The molecule has 0 spiro atoms. The Balaban J connectivity index is 1.73. The van der Waals surface area contributed by atoms with Crippen LogP contribution in [0.2, 0.25) is 0 Å². The van der Waals surface area contributed by atoms with Gasteiger partial charge in [0.1, 0.15) is 6.61 Å². The van der Waals surface area contributed by atoms with Crippen LogP contribution in [0.4, 0.5) is 0 Å². The van der Waals surface area contributed by atoms with Crippen LogP contribution in [0.25, 0.3) is 0 Å². The molecule has 0 amide bonds. The number of benzene rings is 2. The van der Waals surface area contributed by atoms with Crippen LogP contribution in [0.5, 0.6) is 11.5 Å². The van der Waals surface area contributed by atoms with E-state index in [1.165, 1.54) is 0 Å². The van der Waals surface area contributed by atoms with Gasteiger partial charge in [-0.1, -0.05) is 76.7 Å². The number of hydrogen-bond donors (Lipinski definition) is 0. The molecule has 0 N–H and O–H groups in total. The van der Waals surface area contributed by atoms with Gasteiger partial charge in [0, 0.05) is 47.8 Å². The first-order chi connectivity index (χ1) is 18.5. The second-order valence-corrected chi connectivity index (χ2v) is 12.6. The van der Waals surface area contributed by atoms with Gasteiger partial charge in [0.2, 0.25) is 0 Å². The number of ketones is 2. The number of Topliss-reactive ketones (excluding diaryl/α,β-unsaturated/α-hetero) is 2. The zero-order valence-corrected chi connectivity index (χ0v) is 23.8. The van der Waals surface area contributed by atoms with Gasteiger partial charge in [-0.15, -0.1) is 0 Å². The minimum Gasteiger partial charge on any atom is -0.493 e. The number of methoxy groups -OCH3 is 1. The van der Waals surface area contributed by atoms with Gasteiger partial charge in [0.15, 0.2) is 23.1 Å². The summed E-state index contributed by atoms with van der Waals surface area (Å²) in [6, 6.07) is 16.1. The lowest BCUT2D eigenvalue weighted by atomic mass is 9.63. The van der Waals surface area contributed by atoms with Crippen molar-refractivity contribution in [2.45, 2.75) is 65.8 Å². The van der Waals surface area contributed by atoms with E-state index in [2.05, 4.69) is 51.3 Å². The molecule has 5 heteroatoms. The number of allylic oxidation sites excluding steroid dienone is 4. The van der Waals surface area contributed by atoms with E-state index in [9.17, 15) is 9.59 Å². The molecule has 0 aromatic heterocycles. The van der Waals surface area contributed by atoms with Crippen molar-refractivity contribution in [2.75, 3.05) is 13.7 Å². The molecule has 0 atom stereocenters. The van der Waals surface area contributed by atoms with E-state index in [1.807, 2.05) is 36.4 Å². The summed E-state index contributed by atoms with van der Waals surface area (Å²) in [6.07, 6.45) is 4.17. The SMILES string of the molecule is C=CCOc1ccc(C2C3=C(CC(C)(C)CC3=O)N(Cc3ccccc3)C3=C2C(=O)CC(C)(C)C3)cc1OC. The zero-order chi connectivity index (χ0) is 27.9. The number of ether oxygens (including phenoxy) is 2. The van der Waals surface area contributed by atoms with Gasteiger partial charge in [-0.2, -0.15) is 0 Å². The summed E-state index contributed by atoms with van der Waals surface area (Å²) in [7, 11) is 1.61. The average Bonchev–Trinajstić information content (AvgIpc) is 2.87. The molecular weight excluding hydrogens is 486 g/mol. The smallest absolute Gasteiger partial charge is 0.162 e. The lowest BCUT2D eigenvalue weighted by molar-refractivity contribution is -0.119. The van der Waals surface area contributed by atoms with Crippen molar-refractivity contribution >= 4 is 11.6 Å². The van der Waals surface area contributed by atoms with Gasteiger partial charge in [0.05, 0.1) is 7.11 Å². The summed E-state index contributed by atoms with van der Waals surface area (Å²) in [6.45, 7) is 13.4. The summed E-state index contributed by atoms with van der Waals surface area (Å²) in [5, 5.41) is 0. The quantitative estimate of drug-likeness (QED) is 0.360. The lowest BCUT2D eigenvalue weighted by Crippen LogP contribution is -2.44. The van der Waals surface area contributed by atoms with E-state index in [4.69, 9.17) is 9.47 Å². The van der Waals surface area contributed by atoms with Crippen LogP contribution in [0.1, 0.15) is 70.4 Å². The highest BCUT2D eigenvalue weighted by Gasteiger charge is 2.49. The Bertz CT molecular complexity index is 1330. The number of hydrogen-bond acceptors (Lipinski definition) is 5. The Hall–Kier alpha value is -3.60. The van der Waals surface area contributed by atoms with Crippen LogP contribution in [-0.2, 0) is 16.1 Å². The molecule has 0 saturated heterocycles. The second-order valence-electron chi connectivity index (χ2n) is 12.6. The topological polar surface area (TPSA) is 55.8 Å². The van der Waals surface area contributed by atoms with Gasteiger partial charge >= 0.3 is 0 Å². The molecule has 0 radical (unpaired) electrons. The molecule has 3 aliphatic rings. The number of nitrogens with zero attached hydrogens (tertiary/aromatic N) is 1. The van der Waals surface area contributed by atoms with Crippen molar-refractivity contribution in [3.05, 3.63) is 94.9 Å². The van der Waals surface area contributed by atoms with E-state index >= 15 is 0 Å². The molecule has 2 aromatic rings. The standard InChI is InChI=1S/C34H39NO4/c1-7-15-39-28-14-13-23(16-29(28)38-6)30-31-24(17-33(2,3)19-26(31)36)35(21-22-11-9-8-10-12-22)25-18-34(4,5)20-27(37)32(25)30/h7-14,16,30H,1,15,17-21H2,2-6H3. The maximum Gasteiger partial charge on any atom is 0.162 e. The third-order valence-corrected chi connectivity index (χ3v) is 8.08. The van der Waals surface area contributed by atoms with Gasteiger partial charge in [0.25, 0.3) is 0 Å². The van der Waals surface area contributed by atoms with Crippen molar-refractivity contribution in [2.24, 2.45) is 10.8 Å². The molecule has 1 aliphatic heterocycles. The van der Waals surface area contributed by atoms with Crippen LogP contribution in [0.15, 0.2) is 83.7 Å². The Morgan fingerprint density at radius 2 is 1.46 bits per heavy atom. The van der Waals surface area contributed by atoms with E-state index in [-0.39, 0.29) is 22.4 Å². The molecule has 1 heterocycles. The molecule has 39 heavy (non-hydrogen) atoms. The third kappa shape index (κ3) is 5.19. The van der Waals surface area contributed by atoms with E-state index in [0.29, 0.717) is 37.5 Å². The molecule has 2 aromatic carbocycles. The Morgan fingerprint density at radius 1 is 0.872 bits per heavy atom. The highest BCUT2D eigenvalue weighted by atomic mass is 16.5. The Kier molecular flexibility index (Phi) is 7.04. The average molecular weight is 526 g/mol. The predicted molar refractivity (Wildman–Crippen MR) is 154 cm³/mol. The maximum atomic E-state index is 14.0. The fourth-order valence-corrected chi connectivity index (χ4v) is 6.47. The Morgan fingerprint density at radius 3 is 2.00 bits per heavy atom. The van der Waals surface area contributed by atoms with Crippen molar-refractivity contribution in [3.63, 3.8) is 0 Å².